The van der Waals surface area contributed by atoms with Gasteiger partial charge in [0, 0.05) is 68.6 Å². The van der Waals surface area contributed by atoms with Crippen LogP contribution in [0, 0.1) is 5.92 Å². The summed E-state index contributed by atoms with van der Waals surface area (Å²) in [6, 6.07) is 8.48. The first-order valence-electron chi connectivity index (χ1n) is 14.6. The molecule has 3 aromatic heterocycles. The summed E-state index contributed by atoms with van der Waals surface area (Å²) in [6.45, 7) is 2.35. The molecule has 1 amide bonds. The van der Waals surface area contributed by atoms with Gasteiger partial charge in [-0.15, -0.1) is 0 Å². The maximum absolute atomic E-state index is 13.4. The lowest BCUT2D eigenvalue weighted by molar-refractivity contribution is -0.137. The molecule has 6 rings (SSSR count). The fraction of sp³-hybridized carbons (Fsp3) is 0.452. The van der Waals surface area contributed by atoms with Crippen molar-refractivity contribution in [2.45, 2.75) is 56.8 Å². The second-order valence-corrected chi connectivity index (χ2v) is 11.3. The first kappa shape index (κ1) is 28.3. The molecule has 2 aliphatic heterocycles. The molecule has 0 saturated carbocycles. The van der Waals surface area contributed by atoms with Crippen molar-refractivity contribution in [2.24, 2.45) is 5.92 Å². The van der Waals surface area contributed by atoms with Crippen molar-refractivity contribution in [1.82, 2.24) is 30.2 Å². The fourth-order valence-corrected chi connectivity index (χ4v) is 6.22. The van der Waals surface area contributed by atoms with Gasteiger partial charge in [-0.1, -0.05) is 6.08 Å². The van der Waals surface area contributed by atoms with Gasteiger partial charge in [0.25, 0.3) is 0 Å². The smallest absolute Gasteiger partial charge is 0.356 e. The Morgan fingerprint density at radius 3 is 2.52 bits per heavy atom. The van der Waals surface area contributed by atoms with Crippen LogP contribution in [0.5, 0.6) is 0 Å². The summed E-state index contributed by atoms with van der Waals surface area (Å²) in [5.41, 5.74) is 2.40. The zero-order valence-corrected chi connectivity index (χ0v) is 23.3. The Hall–Kier alpha value is -3.86. The minimum Gasteiger partial charge on any atom is -0.356 e. The summed E-state index contributed by atoms with van der Waals surface area (Å²) in [5, 5.41) is 3.76. The van der Waals surface area contributed by atoms with E-state index < -0.39 is 11.7 Å². The molecule has 42 heavy (non-hydrogen) atoms. The highest BCUT2D eigenvalue weighted by Crippen LogP contribution is 2.32. The number of pyridine rings is 2. The number of alkyl halides is 3. The maximum atomic E-state index is 13.4. The van der Waals surface area contributed by atoms with Crippen molar-refractivity contribution in [3.8, 4) is 11.4 Å². The van der Waals surface area contributed by atoms with E-state index in [1.165, 1.54) is 11.8 Å². The predicted octanol–water partition coefficient (Wildman–Crippen LogP) is 5.00. The summed E-state index contributed by atoms with van der Waals surface area (Å²) in [7, 11) is 0. The van der Waals surface area contributed by atoms with E-state index >= 15 is 0 Å². The number of hydrogen-bond acceptors (Lipinski definition) is 7. The van der Waals surface area contributed by atoms with E-state index in [4.69, 9.17) is 0 Å². The third kappa shape index (κ3) is 6.46. The lowest BCUT2D eigenvalue weighted by Crippen LogP contribution is -2.46. The average molecular weight is 578 g/mol. The van der Waals surface area contributed by atoms with Crippen LogP contribution in [0.2, 0.25) is 0 Å². The number of hydrogen-bond donors (Lipinski definition) is 1. The topological polar surface area (TPSA) is 87.1 Å². The Morgan fingerprint density at radius 1 is 0.929 bits per heavy atom. The number of nitrogens with one attached hydrogen (secondary N) is 1. The molecule has 1 N–H and O–H groups in total. The zero-order chi connectivity index (χ0) is 29.1. The first-order chi connectivity index (χ1) is 20.3. The van der Waals surface area contributed by atoms with Gasteiger partial charge in [0.15, 0.2) is 5.82 Å². The molecule has 5 heterocycles. The highest BCUT2D eigenvalue weighted by Gasteiger charge is 2.36. The number of aromatic nitrogens is 4. The normalized spacial score (nSPS) is 23.1. The average Bonchev–Trinajstić information content (AvgIpc) is 3.50. The zero-order valence-electron chi connectivity index (χ0n) is 23.3. The van der Waals surface area contributed by atoms with E-state index in [1.807, 2.05) is 28.1 Å². The molecule has 1 unspecified atom stereocenters. The van der Waals surface area contributed by atoms with Crippen LogP contribution >= 0.6 is 0 Å². The van der Waals surface area contributed by atoms with Crippen molar-refractivity contribution < 1.29 is 18.0 Å². The lowest BCUT2D eigenvalue weighted by atomic mass is 9.92. The summed E-state index contributed by atoms with van der Waals surface area (Å²) >= 11 is 0. The molecule has 11 heteroatoms. The van der Waals surface area contributed by atoms with E-state index in [0.29, 0.717) is 38.0 Å². The number of anilines is 1. The number of nitrogens with zero attached hydrogens (tertiary/aromatic N) is 6. The minimum atomic E-state index is -4.42. The van der Waals surface area contributed by atoms with Crippen LogP contribution in [-0.4, -0.2) is 69.0 Å². The van der Waals surface area contributed by atoms with Gasteiger partial charge < -0.3 is 15.1 Å². The SMILES string of the molecule is O=C([C@H]1CCCN(c2cc(C(F)(F)F)ccn2)C1)N1CC[C@H](NC2CC=C(c3ccc(-c4ncccn4)cn3)CC2)C1. The fourth-order valence-electron chi connectivity index (χ4n) is 6.22. The summed E-state index contributed by atoms with van der Waals surface area (Å²) in [6.07, 6.45) is 9.53. The maximum Gasteiger partial charge on any atom is 0.416 e. The number of carbonyl (C=O) groups is 1. The molecule has 3 aliphatic rings. The highest BCUT2D eigenvalue weighted by molar-refractivity contribution is 5.80. The van der Waals surface area contributed by atoms with Crippen LogP contribution in [0.15, 0.2) is 61.2 Å². The third-order valence-electron chi connectivity index (χ3n) is 8.47. The molecular weight excluding hydrogens is 543 g/mol. The lowest BCUT2D eigenvalue weighted by Gasteiger charge is -2.35. The van der Waals surface area contributed by atoms with Gasteiger partial charge in [0.2, 0.25) is 5.91 Å². The molecule has 2 saturated heterocycles. The number of likely N-dealkylation sites (tertiary alicyclic amines) is 1. The predicted molar refractivity (Wildman–Crippen MR) is 153 cm³/mol. The molecular formula is C31H34F3N7O. The van der Waals surface area contributed by atoms with E-state index in [9.17, 15) is 18.0 Å². The second-order valence-electron chi connectivity index (χ2n) is 11.3. The van der Waals surface area contributed by atoms with Gasteiger partial charge >= 0.3 is 6.18 Å². The first-order valence-corrected chi connectivity index (χ1v) is 14.6. The van der Waals surface area contributed by atoms with Gasteiger partial charge in [-0.25, -0.2) is 15.0 Å². The van der Waals surface area contributed by atoms with Gasteiger partial charge in [-0.05, 0) is 74.4 Å². The van der Waals surface area contributed by atoms with Gasteiger partial charge in [-0.3, -0.25) is 9.78 Å². The molecule has 3 atom stereocenters. The van der Waals surface area contributed by atoms with E-state index in [0.717, 1.165) is 61.9 Å². The van der Waals surface area contributed by atoms with Crippen LogP contribution in [0.4, 0.5) is 19.0 Å². The van der Waals surface area contributed by atoms with Crippen molar-refractivity contribution >= 4 is 17.3 Å². The van der Waals surface area contributed by atoms with Crippen molar-refractivity contribution in [1.29, 1.82) is 0 Å². The largest absolute Gasteiger partial charge is 0.416 e. The number of carbonyl (C=O) groups excluding carboxylic acids is 1. The van der Waals surface area contributed by atoms with E-state index in [1.54, 1.807) is 18.5 Å². The molecule has 1 aliphatic carbocycles. The standard InChI is InChI=1S/C31H34F3N7O/c32-31(33,34)24-10-14-35-28(17-24)40-15-1-3-23(19-40)30(42)41-16-11-26(20-41)39-25-7-4-21(5-8-25)27-9-6-22(18-38-27)29-36-12-2-13-37-29/h2,4,6,9-10,12-14,17-18,23,25-26,39H,1,3,5,7-8,11,15-16,19-20H2/t23-,25?,26-/m0/s1. The minimum absolute atomic E-state index is 0.0947. The van der Waals surface area contributed by atoms with E-state index in [2.05, 4.69) is 31.3 Å². The Bertz CT molecular complexity index is 1410. The molecule has 0 aromatic carbocycles. The van der Waals surface area contributed by atoms with Crippen molar-refractivity contribution in [3.05, 3.63) is 72.5 Å². The van der Waals surface area contributed by atoms with Crippen LogP contribution in [0.25, 0.3) is 17.0 Å². The third-order valence-corrected chi connectivity index (χ3v) is 8.47. The van der Waals surface area contributed by atoms with Crippen molar-refractivity contribution in [3.63, 3.8) is 0 Å². The number of amides is 1. The summed E-state index contributed by atoms with van der Waals surface area (Å²) in [4.78, 5) is 34.5. The Morgan fingerprint density at radius 2 is 1.79 bits per heavy atom. The van der Waals surface area contributed by atoms with Crippen molar-refractivity contribution in [2.75, 3.05) is 31.1 Å². The number of rotatable bonds is 6. The molecule has 3 aromatic rings. The molecule has 220 valence electrons. The summed E-state index contributed by atoms with van der Waals surface area (Å²) in [5.74, 6) is 0.805. The molecule has 0 radical (unpaired) electrons. The van der Waals surface area contributed by atoms with Gasteiger partial charge in [-0.2, -0.15) is 13.2 Å². The monoisotopic (exact) mass is 577 g/mol. The van der Waals surface area contributed by atoms with Crippen LogP contribution in [0.1, 0.15) is 49.8 Å². The van der Waals surface area contributed by atoms with Gasteiger partial charge in [0.05, 0.1) is 17.2 Å². The Labute approximate surface area is 243 Å². The Balaban J connectivity index is 0.996. The quantitative estimate of drug-likeness (QED) is 0.442. The van der Waals surface area contributed by atoms with Gasteiger partial charge in [0.1, 0.15) is 5.82 Å². The Kier molecular flexibility index (Phi) is 8.19. The van der Waals surface area contributed by atoms with Crippen LogP contribution < -0.4 is 10.2 Å². The highest BCUT2D eigenvalue weighted by atomic mass is 19.4. The number of halogens is 3. The van der Waals surface area contributed by atoms with Crippen LogP contribution in [0.3, 0.4) is 0 Å². The molecule has 0 spiro atoms. The number of allylic oxidation sites excluding steroid dienone is 1. The summed E-state index contributed by atoms with van der Waals surface area (Å²) < 4.78 is 39.6. The molecule has 8 nitrogen and oxygen atoms in total. The second kappa shape index (κ2) is 12.2. The van der Waals surface area contributed by atoms with Crippen LogP contribution in [-0.2, 0) is 11.0 Å². The molecule has 0 bridgehead atoms. The molecule has 2 fully saturated rings. The number of piperidine rings is 1. The van der Waals surface area contributed by atoms with E-state index in [-0.39, 0.29) is 23.7 Å².